The molecule has 0 saturated carbocycles. The Morgan fingerprint density at radius 2 is 1.91 bits per heavy atom. The number of thioether (sulfide) groups is 1. The van der Waals surface area contributed by atoms with Crippen LogP contribution < -0.4 is 9.64 Å². The summed E-state index contributed by atoms with van der Waals surface area (Å²) in [6.07, 6.45) is 0.248. The maximum atomic E-state index is 13.4. The number of methoxy groups -OCH3 is 1. The maximum absolute atomic E-state index is 13.4. The van der Waals surface area contributed by atoms with Gasteiger partial charge in [-0.1, -0.05) is 48.2 Å². The van der Waals surface area contributed by atoms with Gasteiger partial charge in [-0.3, -0.25) is 9.69 Å². The second-order valence-electron chi connectivity index (χ2n) is 8.53. The zero-order valence-corrected chi connectivity index (χ0v) is 19.8. The van der Waals surface area contributed by atoms with E-state index in [4.69, 9.17) is 4.74 Å². The predicted octanol–water partition coefficient (Wildman–Crippen LogP) is 5.68. The van der Waals surface area contributed by atoms with E-state index in [0.717, 1.165) is 27.1 Å². The van der Waals surface area contributed by atoms with Crippen molar-refractivity contribution < 1.29 is 9.53 Å². The Morgan fingerprint density at radius 3 is 2.67 bits per heavy atom. The van der Waals surface area contributed by atoms with E-state index in [1.807, 2.05) is 36.4 Å². The van der Waals surface area contributed by atoms with E-state index in [2.05, 4.69) is 43.0 Å². The molecule has 166 valence electrons. The molecule has 2 heterocycles. The quantitative estimate of drug-likeness (QED) is 0.508. The molecule has 3 aromatic rings. The van der Waals surface area contributed by atoms with Crippen LogP contribution in [0.5, 0.6) is 5.75 Å². The normalized spacial score (nSPS) is 18.4. The number of amides is 1. The number of hydrogen-bond acceptors (Lipinski definition) is 5. The third kappa shape index (κ3) is 3.63. The van der Waals surface area contributed by atoms with Gasteiger partial charge in [0.15, 0.2) is 0 Å². The Kier molecular flexibility index (Phi) is 5.51. The predicted molar refractivity (Wildman–Crippen MR) is 133 cm³/mol. The molecule has 33 heavy (non-hydrogen) atoms. The molecule has 1 fully saturated rings. The van der Waals surface area contributed by atoms with Gasteiger partial charge in [-0.2, -0.15) is 5.26 Å². The maximum Gasteiger partial charge on any atom is 0.229 e. The lowest BCUT2D eigenvalue weighted by Crippen LogP contribution is -2.47. The first-order chi connectivity index (χ1) is 16.0. The average Bonchev–Trinajstić information content (AvgIpc) is 2.84. The summed E-state index contributed by atoms with van der Waals surface area (Å²) in [5.74, 6) is 1.11. The summed E-state index contributed by atoms with van der Waals surface area (Å²) in [5, 5.41) is 13.1. The van der Waals surface area contributed by atoms with Crippen LogP contribution in [0.25, 0.3) is 10.8 Å². The fourth-order valence-corrected chi connectivity index (χ4v) is 5.88. The van der Waals surface area contributed by atoms with E-state index in [0.29, 0.717) is 23.9 Å². The van der Waals surface area contributed by atoms with E-state index in [1.165, 1.54) is 11.1 Å². The Hall–Kier alpha value is -3.43. The number of allylic oxidation sites excluding steroid dienone is 1. The van der Waals surface area contributed by atoms with Gasteiger partial charge in [0.2, 0.25) is 5.91 Å². The van der Waals surface area contributed by atoms with Crippen molar-refractivity contribution in [3.8, 4) is 11.8 Å². The summed E-state index contributed by atoms with van der Waals surface area (Å²) in [7, 11) is 1.64. The number of aryl methyl sites for hydroxylation is 2. The van der Waals surface area contributed by atoms with Crippen LogP contribution in [0.15, 0.2) is 65.2 Å². The Balaban J connectivity index is 1.57. The van der Waals surface area contributed by atoms with Crippen LogP contribution in [0.1, 0.15) is 29.0 Å². The van der Waals surface area contributed by atoms with Crippen molar-refractivity contribution in [1.82, 2.24) is 4.90 Å². The molecule has 5 rings (SSSR count). The van der Waals surface area contributed by atoms with Crippen molar-refractivity contribution in [3.63, 3.8) is 0 Å². The molecule has 0 spiro atoms. The molecule has 1 amide bonds. The first kappa shape index (κ1) is 21.4. The summed E-state index contributed by atoms with van der Waals surface area (Å²) in [5.41, 5.74) is 5.13. The highest BCUT2D eigenvalue weighted by molar-refractivity contribution is 8.03. The molecule has 6 heteroatoms. The van der Waals surface area contributed by atoms with Crippen molar-refractivity contribution in [3.05, 3.63) is 81.9 Å². The molecular formula is C27H25N3O2S. The largest absolute Gasteiger partial charge is 0.496 e. The number of ether oxygens (including phenoxy) is 1. The van der Waals surface area contributed by atoms with Gasteiger partial charge in [0.05, 0.1) is 36.3 Å². The van der Waals surface area contributed by atoms with Crippen LogP contribution in [0, 0.1) is 25.2 Å². The van der Waals surface area contributed by atoms with E-state index < -0.39 is 0 Å². The third-order valence-corrected chi connectivity index (χ3v) is 7.80. The van der Waals surface area contributed by atoms with Crippen LogP contribution in [0.4, 0.5) is 5.69 Å². The highest BCUT2D eigenvalue weighted by Crippen LogP contribution is 2.47. The lowest BCUT2D eigenvalue weighted by atomic mass is 9.83. The molecule has 1 atom stereocenters. The summed E-state index contributed by atoms with van der Waals surface area (Å²) in [6, 6.07) is 20.8. The van der Waals surface area contributed by atoms with Crippen molar-refractivity contribution in [2.75, 3.05) is 24.6 Å². The fraction of sp³-hybridized carbons (Fsp3) is 0.259. The zero-order valence-electron chi connectivity index (χ0n) is 19.0. The number of nitriles is 1. The van der Waals surface area contributed by atoms with Crippen LogP contribution in [0.2, 0.25) is 0 Å². The first-order valence-corrected chi connectivity index (χ1v) is 12.0. The standard InChI is InChI=1S/C27H25N3O2S/c1-17-8-10-20(12-18(17)2)29-15-30-25(31)13-22(23(14-28)27(30)33-16-29)26-21-7-5-4-6-19(21)9-11-24(26)32-3/h4-12,22H,13,15-16H2,1-3H3/t22-/m1/s1. The molecule has 1 saturated heterocycles. The fourth-order valence-electron chi connectivity index (χ4n) is 4.71. The summed E-state index contributed by atoms with van der Waals surface area (Å²) >= 11 is 1.56. The average molecular weight is 456 g/mol. The Morgan fingerprint density at radius 1 is 1.09 bits per heavy atom. The number of fused-ring (bicyclic) bond motifs is 2. The molecule has 3 aromatic carbocycles. The van der Waals surface area contributed by atoms with Gasteiger partial charge in [-0.05, 0) is 53.9 Å². The number of anilines is 1. The molecular weight excluding hydrogens is 430 g/mol. The summed E-state index contributed by atoms with van der Waals surface area (Å²) in [6.45, 7) is 4.65. The lowest BCUT2D eigenvalue weighted by Gasteiger charge is -2.42. The number of rotatable bonds is 3. The second kappa shape index (κ2) is 8.49. The molecule has 2 aliphatic rings. The summed E-state index contributed by atoms with van der Waals surface area (Å²) < 4.78 is 5.69. The smallest absolute Gasteiger partial charge is 0.229 e. The molecule has 0 aromatic heterocycles. The van der Waals surface area contributed by atoms with Gasteiger partial charge in [0.1, 0.15) is 5.75 Å². The Labute approximate surface area is 198 Å². The van der Waals surface area contributed by atoms with E-state index in [1.54, 1.807) is 23.8 Å². The van der Waals surface area contributed by atoms with Gasteiger partial charge in [0, 0.05) is 23.6 Å². The number of hydrogen-bond donors (Lipinski definition) is 0. The summed E-state index contributed by atoms with van der Waals surface area (Å²) in [4.78, 5) is 17.4. The molecule has 0 aliphatic carbocycles. The number of nitrogens with zero attached hydrogens (tertiary/aromatic N) is 3. The minimum Gasteiger partial charge on any atom is -0.496 e. The van der Waals surface area contributed by atoms with E-state index >= 15 is 0 Å². The number of carbonyl (C=O) groups is 1. The molecule has 5 nitrogen and oxygen atoms in total. The molecule has 0 N–H and O–H groups in total. The van der Waals surface area contributed by atoms with E-state index in [9.17, 15) is 10.1 Å². The van der Waals surface area contributed by atoms with Gasteiger partial charge >= 0.3 is 0 Å². The van der Waals surface area contributed by atoms with Crippen molar-refractivity contribution in [2.24, 2.45) is 0 Å². The highest BCUT2D eigenvalue weighted by atomic mass is 32.2. The van der Waals surface area contributed by atoms with Crippen molar-refractivity contribution in [2.45, 2.75) is 26.2 Å². The highest BCUT2D eigenvalue weighted by Gasteiger charge is 2.39. The first-order valence-electron chi connectivity index (χ1n) is 11.0. The van der Waals surface area contributed by atoms with Gasteiger partial charge in [0.25, 0.3) is 0 Å². The molecule has 0 radical (unpaired) electrons. The minimum absolute atomic E-state index is 0.0324. The van der Waals surface area contributed by atoms with Gasteiger partial charge < -0.3 is 9.64 Å². The lowest BCUT2D eigenvalue weighted by molar-refractivity contribution is -0.129. The van der Waals surface area contributed by atoms with Crippen LogP contribution in [-0.4, -0.2) is 30.5 Å². The topological polar surface area (TPSA) is 56.6 Å². The molecule has 0 unspecified atom stereocenters. The van der Waals surface area contributed by atoms with Crippen molar-refractivity contribution in [1.29, 1.82) is 5.26 Å². The third-order valence-electron chi connectivity index (χ3n) is 6.65. The van der Waals surface area contributed by atoms with Gasteiger partial charge in [-0.15, -0.1) is 0 Å². The van der Waals surface area contributed by atoms with Crippen LogP contribution >= 0.6 is 11.8 Å². The zero-order chi connectivity index (χ0) is 23.1. The van der Waals surface area contributed by atoms with Gasteiger partial charge in [-0.25, -0.2) is 0 Å². The number of benzene rings is 3. The number of carbonyl (C=O) groups excluding carboxylic acids is 1. The molecule has 0 bridgehead atoms. The van der Waals surface area contributed by atoms with Crippen molar-refractivity contribution >= 4 is 34.1 Å². The Bertz CT molecular complexity index is 1340. The molecule has 2 aliphatic heterocycles. The SMILES string of the molecule is COc1ccc2ccccc2c1[C@@H]1CC(=O)N2CN(c3ccc(C)c(C)c3)CSC2=C1C#N. The van der Waals surface area contributed by atoms with Crippen LogP contribution in [-0.2, 0) is 4.79 Å². The monoisotopic (exact) mass is 455 g/mol. The minimum atomic E-state index is -0.324. The van der Waals surface area contributed by atoms with E-state index in [-0.39, 0.29) is 18.2 Å². The second-order valence-corrected chi connectivity index (χ2v) is 9.47. The van der Waals surface area contributed by atoms with Crippen LogP contribution in [0.3, 0.4) is 0 Å².